The number of aromatic nitrogens is 2. The molecule has 0 amide bonds. The molecule has 0 aliphatic carbocycles. The van der Waals surface area contributed by atoms with Gasteiger partial charge in [-0.2, -0.15) is 0 Å². The molecule has 0 aliphatic rings. The van der Waals surface area contributed by atoms with Crippen LogP contribution < -0.4 is 15.2 Å². The predicted octanol–water partition coefficient (Wildman–Crippen LogP) is 7.31. The molecule has 182 valence electrons. The van der Waals surface area contributed by atoms with Crippen molar-refractivity contribution in [3.63, 3.8) is 0 Å². The minimum Gasteiger partial charge on any atom is -0.236 e. The van der Waals surface area contributed by atoms with Crippen molar-refractivity contribution in [3.05, 3.63) is 109 Å². The van der Waals surface area contributed by atoms with Crippen LogP contribution in [0.5, 0.6) is 0 Å². The lowest BCUT2D eigenvalue weighted by atomic mass is 9.92. The lowest BCUT2D eigenvalue weighted by molar-refractivity contribution is -0.696. The van der Waals surface area contributed by atoms with Gasteiger partial charge in [0.15, 0.2) is 0 Å². The maximum absolute atomic E-state index is 2.38. The molecule has 0 saturated heterocycles. The number of rotatable bonds is 10. The fraction of sp³-hybridized carbons (Fsp3) is 0.344. The first-order valence-corrected chi connectivity index (χ1v) is 14.5. The van der Waals surface area contributed by atoms with E-state index in [1.165, 1.54) is 40.3 Å². The van der Waals surface area contributed by atoms with Crippen LogP contribution >= 0.6 is 7.92 Å². The molecule has 0 aliphatic heterocycles. The highest BCUT2D eigenvalue weighted by atomic mass is 31.1. The average molecular weight is 484 g/mol. The molecule has 0 bridgehead atoms. The number of para-hydroxylation sites is 1. The van der Waals surface area contributed by atoms with Gasteiger partial charge in [0.1, 0.15) is 18.1 Å². The van der Waals surface area contributed by atoms with Gasteiger partial charge in [0.2, 0.25) is 6.33 Å². The Labute approximate surface area is 213 Å². The minimum atomic E-state index is -0.395. The molecule has 0 fully saturated rings. The number of imidazole rings is 1. The Balaban J connectivity index is 1.59. The molecule has 0 spiro atoms. The molecule has 2 nitrogen and oxygen atoms in total. The first-order valence-electron chi connectivity index (χ1n) is 13.1. The summed E-state index contributed by atoms with van der Waals surface area (Å²) in [6.45, 7) is 12.6. The van der Waals surface area contributed by atoms with Crippen LogP contribution in [0.2, 0.25) is 0 Å². The molecule has 35 heavy (non-hydrogen) atoms. The molecule has 4 aromatic rings. The van der Waals surface area contributed by atoms with E-state index < -0.39 is 7.92 Å². The van der Waals surface area contributed by atoms with E-state index in [-0.39, 0.29) is 0 Å². The Hall–Kier alpha value is -2.70. The molecular weight excluding hydrogens is 443 g/mol. The molecule has 4 rings (SSSR count). The second kappa shape index (κ2) is 11.8. The third-order valence-electron chi connectivity index (χ3n) is 6.92. The largest absolute Gasteiger partial charge is 0.248 e. The zero-order chi connectivity index (χ0) is 24.8. The monoisotopic (exact) mass is 483 g/mol. The molecule has 3 aromatic carbocycles. The van der Waals surface area contributed by atoms with Crippen LogP contribution in [0.3, 0.4) is 0 Å². The lowest BCUT2D eigenvalue weighted by Gasteiger charge is -2.27. The van der Waals surface area contributed by atoms with E-state index in [0.717, 1.165) is 6.54 Å². The van der Waals surface area contributed by atoms with Crippen molar-refractivity contribution in [3.8, 4) is 5.69 Å². The lowest BCUT2D eigenvalue weighted by Crippen LogP contribution is -2.34. The Kier molecular flexibility index (Phi) is 8.58. The van der Waals surface area contributed by atoms with Gasteiger partial charge in [0, 0.05) is 11.1 Å². The first kappa shape index (κ1) is 25.4. The van der Waals surface area contributed by atoms with Crippen LogP contribution in [0.15, 0.2) is 97.6 Å². The fourth-order valence-corrected chi connectivity index (χ4v) is 7.90. The normalized spacial score (nSPS) is 12.6. The van der Waals surface area contributed by atoms with Crippen molar-refractivity contribution in [2.24, 2.45) is 0 Å². The van der Waals surface area contributed by atoms with Crippen LogP contribution in [0, 0.1) is 0 Å². The molecular formula is C32H40N2P+. The summed E-state index contributed by atoms with van der Waals surface area (Å²) in [6, 6.07) is 29.1. The minimum absolute atomic E-state index is 0.395. The second-order valence-corrected chi connectivity index (χ2v) is 12.5. The van der Waals surface area contributed by atoms with Crippen molar-refractivity contribution in [2.45, 2.75) is 71.5 Å². The van der Waals surface area contributed by atoms with Gasteiger partial charge in [-0.05, 0) is 48.9 Å². The Morgan fingerprint density at radius 1 is 0.743 bits per heavy atom. The second-order valence-electron chi connectivity index (χ2n) is 10.0. The summed E-state index contributed by atoms with van der Waals surface area (Å²) in [4.78, 5) is 0. The maximum Gasteiger partial charge on any atom is 0.248 e. The van der Waals surface area contributed by atoms with Crippen LogP contribution in [0.4, 0.5) is 0 Å². The molecule has 0 N–H and O–H groups in total. The van der Waals surface area contributed by atoms with E-state index in [0.29, 0.717) is 17.5 Å². The highest BCUT2D eigenvalue weighted by molar-refractivity contribution is 7.73. The SMILES string of the molecule is CC[C@H](CC[n+]1ccn(-c2c(C(C)C)cccc2C(C)C)c1)P(c1ccccc1)c1ccccc1. The molecule has 1 aromatic heterocycles. The van der Waals surface area contributed by atoms with Crippen LogP contribution in [-0.4, -0.2) is 10.2 Å². The Morgan fingerprint density at radius 3 is 1.77 bits per heavy atom. The van der Waals surface area contributed by atoms with Gasteiger partial charge in [-0.3, -0.25) is 0 Å². The van der Waals surface area contributed by atoms with E-state index in [9.17, 15) is 0 Å². The number of nitrogens with zero attached hydrogens (tertiary/aromatic N) is 2. The molecule has 0 unspecified atom stereocenters. The van der Waals surface area contributed by atoms with Crippen LogP contribution in [0.25, 0.3) is 5.69 Å². The van der Waals surface area contributed by atoms with E-state index in [4.69, 9.17) is 0 Å². The zero-order valence-corrected chi connectivity index (χ0v) is 22.8. The number of aryl methyl sites for hydroxylation is 1. The van der Waals surface area contributed by atoms with Crippen molar-refractivity contribution >= 4 is 18.5 Å². The zero-order valence-electron chi connectivity index (χ0n) is 21.9. The van der Waals surface area contributed by atoms with Gasteiger partial charge >= 0.3 is 0 Å². The van der Waals surface area contributed by atoms with Gasteiger partial charge in [-0.25, -0.2) is 9.13 Å². The maximum atomic E-state index is 2.38. The molecule has 0 radical (unpaired) electrons. The smallest absolute Gasteiger partial charge is 0.236 e. The van der Waals surface area contributed by atoms with E-state index >= 15 is 0 Å². The quantitative estimate of drug-likeness (QED) is 0.165. The van der Waals surface area contributed by atoms with Gasteiger partial charge in [-0.1, -0.05) is 113 Å². The summed E-state index contributed by atoms with van der Waals surface area (Å²) >= 11 is 0. The topological polar surface area (TPSA) is 8.81 Å². The summed E-state index contributed by atoms with van der Waals surface area (Å²) in [5.74, 6) is 0.980. The van der Waals surface area contributed by atoms with Crippen LogP contribution in [-0.2, 0) is 6.54 Å². The van der Waals surface area contributed by atoms with Gasteiger partial charge < -0.3 is 0 Å². The van der Waals surface area contributed by atoms with E-state index in [2.05, 4.69) is 141 Å². The van der Waals surface area contributed by atoms with Gasteiger partial charge in [0.05, 0.1) is 6.54 Å². The van der Waals surface area contributed by atoms with Crippen molar-refractivity contribution < 1.29 is 4.57 Å². The van der Waals surface area contributed by atoms with Crippen molar-refractivity contribution in [1.82, 2.24) is 4.57 Å². The number of benzene rings is 3. The summed E-state index contributed by atoms with van der Waals surface area (Å²) in [6.07, 6.45) is 9.15. The van der Waals surface area contributed by atoms with E-state index in [1.54, 1.807) is 0 Å². The van der Waals surface area contributed by atoms with Gasteiger partial charge in [-0.15, -0.1) is 0 Å². The Morgan fingerprint density at radius 2 is 1.29 bits per heavy atom. The molecule has 3 heteroatoms. The third-order valence-corrected chi connectivity index (χ3v) is 9.98. The molecule has 0 saturated carbocycles. The third kappa shape index (κ3) is 5.93. The molecule has 1 atom stereocenters. The highest BCUT2D eigenvalue weighted by Crippen LogP contribution is 2.42. The summed E-state index contributed by atoms with van der Waals surface area (Å²) in [5, 5.41) is 2.96. The average Bonchev–Trinajstić information content (AvgIpc) is 3.35. The number of hydrogen-bond donors (Lipinski definition) is 0. The van der Waals surface area contributed by atoms with Crippen molar-refractivity contribution in [1.29, 1.82) is 0 Å². The highest BCUT2D eigenvalue weighted by Gasteiger charge is 2.25. The first-order chi connectivity index (χ1) is 17.0. The van der Waals surface area contributed by atoms with Crippen LogP contribution in [0.1, 0.15) is 70.4 Å². The number of hydrogen-bond acceptors (Lipinski definition) is 0. The van der Waals surface area contributed by atoms with Gasteiger partial charge in [0.25, 0.3) is 0 Å². The van der Waals surface area contributed by atoms with Crippen molar-refractivity contribution in [2.75, 3.05) is 0 Å². The summed E-state index contributed by atoms with van der Waals surface area (Å²) in [5.41, 5.74) is 4.84. The fourth-order valence-electron chi connectivity index (χ4n) is 5.03. The Bertz CT molecular complexity index is 1130. The predicted molar refractivity (Wildman–Crippen MR) is 152 cm³/mol. The standard InChI is InChI=1S/C32H40N2P/c1-6-27(35(28-14-9-7-10-15-28)29-16-11-8-12-17-29)20-21-33-22-23-34(24-33)32-30(25(2)3)18-13-19-31(32)26(4)5/h7-19,22-27H,6,20-21H2,1-5H3/q+1/t27-/m1/s1. The summed E-state index contributed by atoms with van der Waals surface area (Å²) < 4.78 is 4.73. The summed E-state index contributed by atoms with van der Waals surface area (Å²) in [7, 11) is -0.395. The molecule has 1 heterocycles. The van der Waals surface area contributed by atoms with E-state index in [1.807, 2.05) is 0 Å².